The van der Waals surface area contributed by atoms with Crippen LogP contribution in [0.15, 0.2) is 30.3 Å². The number of hydrogen-bond donors (Lipinski definition) is 2. The zero-order valence-electron chi connectivity index (χ0n) is 6.92. The summed E-state index contributed by atoms with van der Waals surface area (Å²) in [4.78, 5) is 10.3. The number of aldehydes is 1. The van der Waals surface area contributed by atoms with Crippen molar-refractivity contribution in [2.24, 2.45) is 0 Å². The Balaban J connectivity index is 2.75. The molecule has 0 saturated heterocycles. The molecule has 1 aromatic carbocycles. The van der Waals surface area contributed by atoms with Crippen LogP contribution in [0.4, 0.5) is 0 Å². The predicted octanol–water partition coefficient (Wildman–Crippen LogP) is 0.823. The molecular formula is C10H10O3. The number of rotatable bonds is 3. The van der Waals surface area contributed by atoms with E-state index in [4.69, 9.17) is 10.2 Å². The average molecular weight is 178 g/mol. The van der Waals surface area contributed by atoms with Gasteiger partial charge in [-0.2, -0.15) is 0 Å². The first kappa shape index (κ1) is 9.64. The maximum Gasteiger partial charge on any atom is 0.171 e. The van der Waals surface area contributed by atoms with Gasteiger partial charge in [-0.3, -0.25) is 4.79 Å². The Hall–Kier alpha value is -1.45. The van der Waals surface area contributed by atoms with Crippen LogP contribution < -0.4 is 0 Å². The minimum Gasteiger partial charge on any atom is -0.365 e. The lowest BCUT2D eigenvalue weighted by molar-refractivity contribution is 0.00303. The molecule has 3 heteroatoms. The summed E-state index contributed by atoms with van der Waals surface area (Å²) in [5.74, 6) is 0. The summed E-state index contributed by atoms with van der Waals surface area (Å²) in [7, 11) is 0. The molecule has 0 aromatic heterocycles. The maximum atomic E-state index is 10.3. The molecule has 0 aliphatic heterocycles. The van der Waals surface area contributed by atoms with Crippen molar-refractivity contribution >= 4 is 12.4 Å². The number of hydrogen-bond acceptors (Lipinski definition) is 3. The second kappa shape index (κ2) is 4.54. The number of carbonyl (C=O) groups is 1. The van der Waals surface area contributed by atoms with Crippen LogP contribution in [0.1, 0.15) is 15.9 Å². The van der Waals surface area contributed by atoms with Crippen LogP contribution in [0.5, 0.6) is 0 Å². The van der Waals surface area contributed by atoms with Crippen molar-refractivity contribution in [3.05, 3.63) is 41.5 Å². The second-order valence-electron chi connectivity index (χ2n) is 2.56. The number of aliphatic hydroxyl groups excluding tert-OH is 1. The summed E-state index contributed by atoms with van der Waals surface area (Å²) in [5, 5.41) is 17.1. The van der Waals surface area contributed by atoms with Crippen molar-refractivity contribution < 1.29 is 15.0 Å². The fraction of sp³-hybridized carbons (Fsp3) is 0.100. The molecule has 0 radical (unpaired) electrons. The SMILES string of the molecule is O=Cc1ccc(/C=C/C(O)O)cc1. The predicted molar refractivity (Wildman–Crippen MR) is 49.1 cm³/mol. The van der Waals surface area contributed by atoms with Gasteiger partial charge in [0.05, 0.1) is 0 Å². The highest BCUT2D eigenvalue weighted by Crippen LogP contribution is 2.04. The summed E-state index contributed by atoms with van der Waals surface area (Å²) < 4.78 is 0. The molecule has 0 bridgehead atoms. The topological polar surface area (TPSA) is 57.5 Å². The molecule has 1 aromatic rings. The van der Waals surface area contributed by atoms with Crippen LogP contribution in [-0.2, 0) is 0 Å². The Morgan fingerprint density at radius 2 is 1.62 bits per heavy atom. The maximum absolute atomic E-state index is 10.3. The van der Waals surface area contributed by atoms with Crippen LogP contribution in [0.25, 0.3) is 6.08 Å². The first-order valence-corrected chi connectivity index (χ1v) is 3.82. The van der Waals surface area contributed by atoms with Crippen LogP contribution in [0.2, 0.25) is 0 Å². The van der Waals surface area contributed by atoms with E-state index in [1.165, 1.54) is 6.08 Å². The summed E-state index contributed by atoms with van der Waals surface area (Å²) in [6.45, 7) is 0. The van der Waals surface area contributed by atoms with Crippen molar-refractivity contribution in [1.29, 1.82) is 0 Å². The van der Waals surface area contributed by atoms with E-state index in [0.29, 0.717) is 5.56 Å². The molecule has 2 N–H and O–H groups in total. The highest BCUT2D eigenvalue weighted by Gasteiger charge is 1.91. The third-order valence-corrected chi connectivity index (χ3v) is 1.53. The van der Waals surface area contributed by atoms with E-state index in [9.17, 15) is 4.79 Å². The number of aliphatic hydroxyl groups is 2. The van der Waals surface area contributed by atoms with Gasteiger partial charge < -0.3 is 10.2 Å². The lowest BCUT2D eigenvalue weighted by Gasteiger charge is -1.95. The lowest BCUT2D eigenvalue weighted by Crippen LogP contribution is -1.96. The van der Waals surface area contributed by atoms with Gasteiger partial charge in [-0.25, -0.2) is 0 Å². The summed E-state index contributed by atoms with van der Waals surface area (Å²) in [5.41, 5.74) is 1.42. The zero-order valence-corrected chi connectivity index (χ0v) is 6.92. The monoisotopic (exact) mass is 178 g/mol. The Morgan fingerprint density at radius 3 is 2.08 bits per heavy atom. The molecule has 0 spiro atoms. The number of carbonyl (C=O) groups excluding carboxylic acids is 1. The third-order valence-electron chi connectivity index (χ3n) is 1.53. The Kier molecular flexibility index (Phi) is 3.37. The van der Waals surface area contributed by atoms with Crippen molar-refractivity contribution in [3.63, 3.8) is 0 Å². The normalized spacial score (nSPS) is 11.0. The summed E-state index contributed by atoms with van der Waals surface area (Å²) in [6.07, 6.45) is 2.13. The van der Waals surface area contributed by atoms with Gasteiger partial charge in [0.25, 0.3) is 0 Å². The van der Waals surface area contributed by atoms with Crippen LogP contribution in [0.3, 0.4) is 0 Å². The first-order valence-electron chi connectivity index (χ1n) is 3.82. The smallest absolute Gasteiger partial charge is 0.171 e. The van der Waals surface area contributed by atoms with Crippen LogP contribution in [0, 0.1) is 0 Å². The molecule has 0 amide bonds. The Labute approximate surface area is 76.0 Å². The Bertz CT molecular complexity index is 298. The van der Waals surface area contributed by atoms with E-state index in [1.54, 1.807) is 30.3 Å². The van der Waals surface area contributed by atoms with E-state index in [-0.39, 0.29) is 0 Å². The van der Waals surface area contributed by atoms with E-state index >= 15 is 0 Å². The van der Waals surface area contributed by atoms with E-state index in [0.717, 1.165) is 11.8 Å². The minimum atomic E-state index is -1.44. The number of benzene rings is 1. The van der Waals surface area contributed by atoms with Gasteiger partial charge in [0.2, 0.25) is 0 Å². The van der Waals surface area contributed by atoms with Crippen molar-refractivity contribution in [2.45, 2.75) is 6.29 Å². The van der Waals surface area contributed by atoms with Gasteiger partial charge in [-0.05, 0) is 11.6 Å². The van der Waals surface area contributed by atoms with Gasteiger partial charge in [0.1, 0.15) is 6.29 Å². The molecule has 13 heavy (non-hydrogen) atoms. The quantitative estimate of drug-likeness (QED) is 0.532. The molecule has 0 saturated carbocycles. The molecule has 1 rings (SSSR count). The Morgan fingerprint density at radius 1 is 1.08 bits per heavy atom. The molecular weight excluding hydrogens is 168 g/mol. The fourth-order valence-corrected chi connectivity index (χ4v) is 0.883. The highest BCUT2D eigenvalue weighted by atomic mass is 16.5. The second-order valence-corrected chi connectivity index (χ2v) is 2.56. The van der Waals surface area contributed by atoms with Gasteiger partial charge in [0, 0.05) is 5.56 Å². The van der Waals surface area contributed by atoms with Crippen LogP contribution in [-0.4, -0.2) is 22.8 Å². The standard InChI is InChI=1S/C10H10O3/c11-7-9-3-1-8(2-4-9)5-6-10(12)13/h1-7,10,12-13H/b6-5+. The molecule has 68 valence electrons. The highest BCUT2D eigenvalue weighted by molar-refractivity contribution is 5.75. The van der Waals surface area contributed by atoms with Gasteiger partial charge >= 0.3 is 0 Å². The van der Waals surface area contributed by atoms with E-state index in [1.807, 2.05) is 0 Å². The van der Waals surface area contributed by atoms with Gasteiger partial charge in [-0.15, -0.1) is 0 Å². The summed E-state index contributed by atoms with van der Waals surface area (Å²) >= 11 is 0. The van der Waals surface area contributed by atoms with E-state index < -0.39 is 6.29 Å². The fourth-order valence-electron chi connectivity index (χ4n) is 0.883. The molecule has 3 nitrogen and oxygen atoms in total. The van der Waals surface area contributed by atoms with E-state index in [2.05, 4.69) is 0 Å². The molecule has 0 fully saturated rings. The molecule has 0 aliphatic rings. The van der Waals surface area contributed by atoms with Crippen molar-refractivity contribution in [1.82, 2.24) is 0 Å². The van der Waals surface area contributed by atoms with Crippen molar-refractivity contribution in [2.75, 3.05) is 0 Å². The van der Waals surface area contributed by atoms with Gasteiger partial charge in [-0.1, -0.05) is 30.3 Å². The van der Waals surface area contributed by atoms with Gasteiger partial charge in [0.15, 0.2) is 6.29 Å². The third kappa shape index (κ3) is 3.19. The molecule has 0 unspecified atom stereocenters. The minimum absolute atomic E-state index is 0.599. The average Bonchev–Trinajstić information content (AvgIpc) is 2.15. The molecule has 0 aliphatic carbocycles. The largest absolute Gasteiger partial charge is 0.365 e. The van der Waals surface area contributed by atoms with Crippen molar-refractivity contribution in [3.8, 4) is 0 Å². The zero-order chi connectivity index (χ0) is 9.68. The molecule has 0 atom stereocenters. The van der Waals surface area contributed by atoms with Crippen LogP contribution >= 0.6 is 0 Å². The molecule has 0 heterocycles. The lowest BCUT2D eigenvalue weighted by atomic mass is 10.1. The summed E-state index contributed by atoms with van der Waals surface area (Å²) in [6, 6.07) is 6.78. The first-order chi connectivity index (χ1) is 6.22.